The number of piperidine rings is 1. The van der Waals surface area contributed by atoms with Gasteiger partial charge in [-0.1, -0.05) is 30.3 Å². The van der Waals surface area contributed by atoms with E-state index in [-0.39, 0.29) is 5.91 Å². The molecule has 3 aromatic rings. The van der Waals surface area contributed by atoms with Crippen LogP contribution < -0.4 is 10.5 Å². The number of amides is 2. The van der Waals surface area contributed by atoms with E-state index in [1.54, 1.807) is 25.4 Å². The number of carbonyl (C=O) groups is 2. The Hall–Kier alpha value is -3.71. The molecule has 2 amide bonds. The lowest BCUT2D eigenvalue weighted by Crippen LogP contribution is -2.61. The minimum absolute atomic E-state index is 0.165. The van der Waals surface area contributed by atoms with Crippen LogP contribution in [0, 0.1) is 5.41 Å². The molecule has 1 unspecified atom stereocenters. The number of hydrogen-bond donors (Lipinski definition) is 1. The molecule has 2 aromatic carbocycles. The van der Waals surface area contributed by atoms with Crippen molar-refractivity contribution in [3.8, 4) is 16.9 Å². The summed E-state index contributed by atoms with van der Waals surface area (Å²) in [6, 6.07) is 18.6. The molecule has 1 aliphatic carbocycles. The Bertz CT molecular complexity index is 1340. The Balaban J connectivity index is 1.03. The van der Waals surface area contributed by atoms with E-state index < -0.39 is 5.91 Å². The van der Waals surface area contributed by atoms with E-state index in [2.05, 4.69) is 28.1 Å². The lowest BCUT2D eigenvalue weighted by atomic mass is 9.71. The Morgan fingerprint density at radius 3 is 2.42 bits per heavy atom. The molecular formula is C31H34N4O3. The van der Waals surface area contributed by atoms with Crippen molar-refractivity contribution in [3.63, 3.8) is 0 Å². The first-order valence-corrected chi connectivity index (χ1v) is 13.5. The summed E-state index contributed by atoms with van der Waals surface area (Å²) in [6.45, 7) is 3.91. The molecule has 2 aliphatic heterocycles. The second kappa shape index (κ2) is 9.87. The average Bonchev–Trinajstić information content (AvgIpc) is 3.35. The van der Waals surface area contributed by atoms with Crippen LogP contribution in [0.5, 0.6) is 5.75 Å². The smallest absolute Gasteiger partial charge is 0.248 e. The van der Waals surface area contributed by atoms with E-state index in [9.17, 15) is 9.59 Å². The van der Waals surface area contributed by atoms with Crippen molar-refractivity contribution in [2.75, 3.05) is 33.3 Å². The average molecular weight is 511 g/mol. The molecule has 196 valence electrons. The zero-order valence-electron chi connectivity index (χ0n) is 21.9. The van der Waals surface area contributed by atoms with Crippen molar-refractivity contribution in [2.24, 2.45) is 11.1 Å². The minimum atomic E-state index is -0.399. The number of rotatable bonds is 6. The van der Waals surface area contributed by atoms with Gasteiger partial charge in [-0.15, -0.1) is 0 Å². The standard InChI is InChI=1S/C31H34N4O3/c1-38-26-9-8-25(33-18-26)17-29(36)34-14-12-31(13-15-34)19-35(20-31)28-11-7-24-16-23(6-10-27(24)28)21-2-4-22(5-3-21)30(32)37/h2-6,8-10,16,18,28H,7,11-15,17,19-20H2,1H3,(H2,32,37). The van der Waals surface area contributed by atoms with Crippen LogP contribution in [0.15, 0.2) is 60.8 Å². The summed E-state index contributed by atoms with van der Waals surface area (Å²) >= 11 is 0. The van der Waals surface area contributed by atoms with Crippen LogP contribution in [-0.4, -0.2) is 59.9 Å². The van der Waals surface area contributed by atoms with Gasteiger partial charge in [-0.25, -0.2) is 0 Å². The maximum absolute atomic E-state index is 12.9. The Kier molecular flexibility index (Phi) is 6.40. The number of hydrogen-bond acceptors (Lipinski definition) is 5. The molecule has 0 radical (unpaired) electrons. The van der Waals surface area contributed by atoms with E-state index in [1.807, 2.05) is 29.2 Å². The van der Waals surface area contributed by atoms with Gasteiger partial charge in [-0.2, -0.15) is 0 Å². The molecular weight excluding hydrogens is 476 g/mol. The number of primary amides is 1. The number of benzene rings is 2. The van der Waals surface area contributed by atoms with Crippen LogP contribution in [0.1, 0.15) is 52.5 Å². The Morgan fingerprint density at radius 1 is 1.03 bits per heavy atom. The van der Waals surface area contributed by atoms with Crippen molar-refractivity contribution in [2.45, 2.75) is 38.1 Å². The first-order chi connectivity index (χ1) is 18.4. The number of ether oxygens (including phenoxy) is 1. The van der Waals surface area contributed by atoms with Crippen molar-refractivity contribution in [3.05, 3.63) is 83.2 Å². The fraction of sp³-hybridized carbons (Fsp3) is 0.387. The highest BCUT2D eigenvalue weighted by Crippen LogP contribution is 2.48. The lowest BCUT2D eigenvalue weighted by Gasteiger charge is -2.56. The number of nitrogens with two attached hydrogens (primary N) is 1. The van der Waals surface area contributed by atoms with Crippen molar-refractivity contribution in [1.82, 2.24) is 14.8 Å². The second-order valence-corrected chi connectivity index (χ2v) is 11.1. The maximum Gasteiger partial charge on any atom is 0.248 e. The number of nitrogens with zero attached hydrogens (tertiary/aromatic N) is 3. The van der Waals surface area contributed by atoms with Crippen molar-refractivity contribution >= 4 is 11.8 Å². The molecule has 1 atom stereocenters. The first kappa shape index (κ1) is 24.6. The molecule has 1 aromatic heterocycles. The summed E-state index contributed by atoms with van der Waals surface area (Å²) in [5.74, 6) is 0.472. The van der Waals surface area contributed by atoms with E-state index in [4.69, 9.17) is 10.5 Å². The van der Waals surface area contributed by atoms with Gasteiger partial charge in [0, 0.05) is 43.5 Å². The number of aryl methyl sites for hydroxylation is 1. The van der Waals surface area contributed by atoms with Crippen LogP contribution in [0.25, 0.3) is 11.1 Å². The van der Waals surface area contributed by atoms with E-state index >= 15 is 0 Å². The van der Waals surface area contributed by atoms with Crippen molar-refractivity contribution in [1.29, 1.82) is 0 Å². The second-order valence-electron chi connectivity index (χ2n) is 11.1. The highest BCUT2D eigenvalue weighted by atomic mass is 16.5. The predicted molar refractivity (Wildman–Crippen MR) is 146 cm³/mol. The van der Waals surface area contributed by atoms with Gasteiger partial charge in [0.1, 0.15) is 5.75 Å². The third-order valence-corrected chi connectivity index (χ3v) is 8.75. The summed E-state index contributed by atoms with van der Waals surface area (Å²) in [5, 5.41) is 0. The Morgan fingerprint density at radius 2 is 1.76 bits per heavy atom. The molecule has 2 fully saturated rings. The first-order valence-electron chi connectivity index (χ1n) is 13.5. The van der Waals surface area contributed by atoms with Gasteiger partial charge in [-0.05, 0) is 77.6 Å². The molecule has 2 saturated heterocycles. The monoisotopic (exact) mass is 510 g/mol. The maximum atomic E-state index is 12.9. The van der Waals surface area contributed by atoms with Gasteiger partial charge in [-0.3, -0.25) is 19.5 Å². The SMILES string of the molecule is COc1ccc(CC(=O)N2CCC3(CC2)CN(C2CCc4cc(-c5ccc(C(N)=O)cc5)ccc42)C3)nc1. The van der Waals surface area contributed by atoms with Crippen molar-refractivity contribution < 1.29 is 14.3 Å². The third kappa shape index (κ3) is 4.67. The van der Waals surface area contributed by atoms with Crippen LogP contribution in [-0.2, 0) is 17.6 Å². The highest BCUT2D eigenvalue weighted by molar-refractivity contribution is 5.93. The molecule has 1 spiro atoms. The zero-order valence-corrected chi connectivity index (χ0v) is 21.9. The number of likely N-dealkylation sites (tertiary alicyclic amines) is 2. The normalized spacial score (nSPS) is 20.1. The summed E-state index contributed by atoms with van der Waals surface area (Å²) < 4.78 is 5.16. The summed E-state index contributed by atoms with van der Waals surface area (Å²) in [6.07, 6.45) is 6.42. The molecule has 3 heterocycles. The molecule has 6 rings (SSSR count). The van der Waals surface area contributed by atoms with E-state index in [0.29, 0.717) is 29.2 Å². The number of aromatic nitrogens is 1. The van der Waals surface area contributed by atoms with Gasteiger partial charge in [0.2, 0.25) is 11.8 Å². The topological polar surface area (TPSA) is 88.8 Å². The molecule has 3 aliphatic rings. The van der Waals surface area contributed by atoms with Gasteiger partial charge in [0.05, 0.1) is 19.7 Å². The molecule has 0 saturated carbocycles. The quantitative estimate of drug-likeness (QED) is 0.541. The molecule has 7 nitrogen and oxygen atoms in total. The minimum Gasteiger partial charge on any atom is -0.495 e. The molecule has 38 heavy (non-hydrogen) atoms. The number of fused-ring (bicyclic) bond motifs is 1. The Labute approximate surface area is 223 Å². The van der Waals surface area contributed by atoms with Crippen LogP contribution in [0.3, 0.4) is 0 Å². The fourth-order valence-corrected chi connectivity index (χ4v) is 6.47. The molecule has 7 heteroatoms. The number of carbonyl (C=O) groups excluding carboxylic acids is 2. The highest BCUT2D eigenvalue weighted by Gasteiger charge is 2.48. The summed E-state index contributed by atoms with van der Waals surface area (Å²) in [4.78, 5) is 33.2. The van der Waals surface area contributed by atoms with Gasteiger partial charge in [0.15, 0.2) is 0 Å². The predicted octanol–water partition coefficient (Wildman–Crippen LogP) is 4.01. The van der Waals surface area contributed by atoms with E-state index in [0.717, 1.165) is 63.1 Å². The fourth-order valence-electron chi connectivity index (χ4n) is 6.47. The number of pyridine rings is 1. The summed E-state index contributed by atoms with van der Waals surface area (Å²) in [5.41, 5.74) is 12.2. The van der Waals surface area contributed by atoms with Crippen LogP contribution in [0.4, 0.5) is 0 Å². The van der Waals surface area contributed by atoms with Crippen LogP contribution >= 0.6 is 0 Å². The van der Waals surface area contributed by atoms with Gasteiger partial charge in [0.25, 0.3) is 0 Å². The molecule has 2 N–H and O–H groups in total. The lowest BCUT2D eigenvalue weighted by molar-refractivity contribution is -0.136. The van der Waals surface area contributed by atoms with Gasteiger partial charge < -0.3 is 15.4 Å². The zero-order chi connectivity index (χ0) is 26.3. The van der Waals surface area contributed by atoms with Gasteiger partial charge >= 0.3 is 0 Å². The summed E-state index contributed by atoms with van der Waals surface area (Å²) in [7, 11) is 1.62. The largest absolute Gasteiger partial charge is 0.495 e. The number of methoxy groups -OCH3 is 1. The van der Waals surface area contributed by atoms with Crippen LogP contribution in [0.2, 0.25) is 0 Å². The molecule has 0 bridgehead atoms. The van der Waals surface area contributed by atoms with E-state index in [1.165, 1.54) is 16.7 Å². The third-order valence-electron chi connectivity index (χ3n) is 8.75.